The van der Waals surface area contributed by atoms with Gasteiger partial charge in [-0.2, -0.15) is 5.10 Å². The average Bonchev–Trinajstić information content (AvgIpc) is 2.90. The van der Waals surface area contributed by atoms with Crippen molar-refractivity contribution >= 4 is 18.0 Å². The van der Waals surface area contributed by atoms with Gasteiger partial charge < -0.3 is 9.47 Å². The topological polar surface area (TPSA) is 99.5 Å². The van der Waals surface area contributed by atoms with Crippen molar-refractivity contribution in [2.24, 2.45) is 0 Å². The van der Waals surface area contributed by atoms with E-state index in [0.717, 1.165) is 24.1 Å². The van der Waals surface area contributed by atoms with Crippen LogP contribution in [0.5, 0.6) is 0 Å². The summed E-state index contributed by atoms with van der Waals surface area (Å²) in [6, 6.07) is 9.55. The van der Waals surface area contributed by atoms with Crippen LogP contribution in [0.1, 0.15) is 23.9 Å². The standard InChI is InChI=1S/C18H21N3O5/c1-11-15(12(2)21(20-11)14-8-6-5-7-9-14)10-16(22)26-13(3)17(23)19-18(24)25-4/h5-9,13H,10H2,1-4H3,(H,19,23,24)/t13-/m1/s1. The molecule has 0 aliphatic heterocycles. The summed E-state index contributed by atoms with van der Waals surface area (Å²) in [6.45, 7) is 5.05. The maximum atomic E-state index is 12.2. The van der Waals surface area contributed by atoms with E-state index in [9.17, 15) is 14.4 Å². The number of rotatable bonds is 5. The number of hydrogen-bond acceptors (Lipinski definition) is 6. The maximum Gasteiger partial charge on any atom is 0.413 e. The number of amides is 2. The molecule has 138 valence electrons. The number of carbonyl (C=O) groups is 3. The van der Waals surface area contributed by atoms with Crippen molar-refractivity contribution in [3.63, 3.8) is 0 Å². The molecule has 8 heteroatoms. The Labute approximate surface area is 151 Å². The zero-order chi connectivity index (χ0) is 19.3. The predicted molar refractivity (Wildman–Crippen MR) is 92.8 cm³/mol. The molecule has 2 amide bonds. The van der Waals surface area contributed by atoms with Gasteiger partial charge in [-0.15, -0.1) is 0 Å². The molecular formula is C18H21N3O5. The quantitative estimate of drug-likeness (QED) is 0.818. The number of aryl methyl sites for hydroxylation is 1. The van der Waals surface area contributed by atoms with Gasteiger partial charge in [0.1, 0.15) is 0 Å². The van der Waals surface area contributed by atoms with Crippen LogP contribution in [0, 0.1) is 13.8 Å². The third kappa shape index (κ3) is 4.47. The van der Waals surface area contributed by atoms with E-state index in [-0.39, 0.29) is 6.42 Å². The van der Waals surface area contributed by atoms with Gasteiger partial charge in [0.15, 0.2) is 6.10 Å². The third-order valence-electron chi connectivity index (χ3n) is 3.85. The second-order valence-electron chi connectivity index (χ2n) is 5.69. The predicted octanol–water partition coefficient (Wildman–Crippen LogP) is 1.85. The molecule has 1 atom stereocenters. The first-order chi connectivity index (χ1) is 12.3. The van der Waals surface area contributed by atoms with Gasteiger partial charge in [0.25, 0.3) is 5.91 Å². The van der Waals surface area contributed by atoms with Crippen LogP contribution in [-0.4, -0.2) is 41.0 Å². The lowest BCUT2D eigenvalue weighted by atomic mass is 10.1. The summed E-state index contributed by atoms with van der Waals surface area (Å²) in [5.41, 5.74) is 3.14. The second kappa shape index (κ2) is 8.28. The van der Waals surface area contributed by atoms with Gasteiger partial charge in [-0.3, -0.25) is 14.9 Å². The van der Waals surface area contributed by atoms with Crippen molar-refractivity contribution in [3.05, 3.63) is 47.3 Å². The molecule has 0 radical (unpaired) electrons. The molecule has 2 rings (SSSR count). The molecule has 1 aromatic carbocycles. The highest BCUT2D eigenvalue weighted by molar-refractivity contribution is 5.95. The minimum absolute atomic E-state index is 0.0274. The van der Waals surface area contributed by atoms with E-state index in [1.807, 2.05) is 49.5 Å². The molecule has 0 saturated carbocycles. The van der Waals surface area contributed by atoms with Crippen molar-refractivity contribution in [3.8, 4) is 5.69 Å². The van der Waals surface area contributed by atoms with Gasteiger partial charge in [-0.05, 0) is 32.9 Å². The summed E-state index contributed by atoms with van der Waals surface area (Å²) >= 11 is 0. The number of carbonyl (C=O) groups excluding carboxylic acids is 3. The molecule has 2 aromatic rings. The number of nitrogens with zero attached hydrogens (tertiary/aromatic N) is 2. The van der Waals surface area contributed by atoms with Crippen molar-refractivity contribution in [2.75, 3.05) is 7.11 Å². The van der Waals surface area contributed by atoms with Crippen molar-refractivity contribution in [1.29, 1.82) is 0 Å². The molecular weight excluding hydrogens is 338 g/mol. The Kier molecular flexibility index (Phi) is 6.11. The zero-order valence-electron chi connectivity index (χ0n) is 15.1. The Bertz CT molecular complexity index is 814. The average molecular weight is 359 g/mol. The number of nitrogens with one attached hydrogen (secondary N) is 1. The Morgan fingerprint density at radius 1 is 1.19 bits per heavy atom. The fraction of sp³-hybridized carbons (Fsp3) is 0.333. The highest BCUT2D eigenvalue weighted by Gasteiger charge is 2.22. The van der Waals surface area contributed by atoms with E-state index >= 15 is 0 Å². The summed E-state index contributed by atoms with van der Waals surface area (Å²) in [4.78, 5) is 34.9. The maximum absolute atomic E-state index is 12.2. The molecule has 1 N–H and O–H groups in total. The number of para-hydroxylation sites is 1. The molecule has 8 nitrogen and oxygen atoms in total. The van der Waals surface area contributed by atoms with Gasteiger partial charge in [0.2, 0.25) is 0 Å². The number of benzene rings is 1. The van der Waals surface area contributed by atoms with E-state index in [1.165, 1.54) is 6.92 Å². The van der Waals surface area contributed by atoms with Gasteiger partial charge in [-0.25, -0.2) is 9.48 Å². The van der Waals surface area contributed by atoms with E-state index in [4.69, 9.17) is 4.74 Å². The Morgan fingerprint density at radius 2 is 1.85 bits per heavy atom. The zero-order valence-corrected chi connectivity index (χ0v) is 15.1. The van der Waals surface area contributed by atoms with Crippen LogP contribution in [0.15, 0.2) is 30.3 Å². The number of ether oxygens (including phenoxy) is 2. The summed E-state index contributed by atoms with van der Waals surface area (Å²) in [6.07, 6.45) is -2.06. The Balaban J connectivity index is 2.07. The minimum Gasteiger partial charge on any atom is -0.453 e. The van der Waals surface area contributed by atoms with Crippen molar-refractivity contribution < 1.29 is 23.9 Å². The summed E-state index contributed by atoms with van der Waals surface area (Å²) < 4.78 is 11.2. The molecule has 0 fully saturated rings. The van der Waals surface area contributed by atoms with Gasteiger partial charge in [0, 0.05) is 11.3 Å². The molecule has 0 spiro atoms. The van der Waals surface area contributed by atoms with Crippen LogP contribution in [0.3, 0.4) is 0 Å². The third-order valence-corrected chi connectivity index (χ3v) is 3.85. The fourth-order valence-electron chi connectivity index (χ4n) is 2.44. The van der Waals surface area contributed by atoms with Crippen LogP contribution in [0.4, 0.5) is 4.79 Å². The molecule has 0 aliphatic rings. The lowest BCUT2D eigenvalue weighted by Crippen LogP contribution is -2.39. The molecule has 0 bridgehead atoms. The molecule has 1 heterocycles. The first-order valence-corrected chi connectivity index (χ1v) is 8.02. The minimum atomic E-state index is -1.12. The highest BCUT2D eigenvalue weighted by atomic mass is 16.6. The number of imide groups is 1. The first kappa shape index (κ1) is 19.2. The number of esters is 1. The van der Waals surface area contributed by atoms with Gasteiger partial charge >= 0.3 is 12.1 Å². The Morgan fingerprint density at radius 3 is 2.46 bits per heavy atom. The highest BCUT2D eigenvalue weighted by Crippen LogP contribution is 2.18. The molecule has 0 aliphatic carbocycles. The van der Waals surface area contributed by atoms with E-state index < -0.39 is 24.1 Å². The van der Waals surface area contributed by atoms with E-state index in [1.54, 1.807) is 4.68 Å². The number of aromatic nitrogens is 2. The molecule has 26 heavy (non-hydrogen) atoms. The summed E-state index contributed by atoms with van der Waals surface area (Å²) in [7, 11) is 1.13. The summed E-state index contributed by atoms with van der Waals surface area (Å²) in [5.74, 6) is -1.34. The van der Waals surface area contributed by atoms with E-state index in [2.05, 4.69) is 9.84 Å². The smallest absolute Gasteiger partial charge is 0.413 e. The molecule has 0 saturated heterocycles. The number of methoxy groups -OCH3 is 1. The molecule has 0 unspecified atom stereocenters. The number of alkyl carbamates (subject to hydrolysis) is 1. The second-order valence-corrected chi connectivity index (χ2v) is 5.69. The van der Waals surface area contributed by atoms with Crippen LogP contribution < -0.4 is 5.32 Å². The molecule has 1 aromatic heterocycles. The monoisotopic (exact) mass is 359 g/mol. The van der Waals surface area contributed by atoms with Crippen molar-refractivity contribution in [2.45, 2.75) is 33.3 Å². The van der Waals surface area contributed by atoms with Crippen LogP contribution in [0.2, 0.25) is 0 Å². The Hall–Kier alpha value is -3.16. The van der Waals surface area contributed by atoms with Crippen molar-refractivity contribution in [1.82, 2.24) is 15.1 Å². The normalized spacial score (nSPS) is 11.5. The van der Waals surface area contributed by atoms with Gasteiger partial charge in [-0.1, -0.05) is 18.2 Å². The number of hydrogen-bond donors (Lipinski definition) is 1. The largest absolute Gasteiger partial charge is 0.453 e. The lowest BCUT2D eigenvalue weighted by Gasteiger charge is -2.12. The van der Waals surface area contributed by atoms with E-state index in [0.29, 0.717) is 5.69 Å². The summed E-state index contributed by atoms with van der Waals surface area (Å²) in [5, 5.41) is 6.42. The van der Waals surface area contributed by atoms with Crippen LogP contribution in [0.25, 0.3) is 5.69 Å². The fourth-order valence-corrected chi connectivity index (χ4v) is 2.44. The van der Waals surface area contributed by atoms with Gasteiger partial charge in [0.05, 0.1) is 24.9 Å². The first-order valence-electron chi connectivity index (χ1n) is 8.02. The van der Waals surface area contributed by atoms with Crippen LogP contribution >= 0.6 is 0 Å². The van der Waals surface area contributed by atoms with Crippen LogP contribution in [-0.2, 0) is 25.5 Å². The lowest BCUT2D eigenvalue weighted by molar-refractivity contribution is -0.153. The SMILES string of the molecule is COC(=O)NC(=O)[C@@H](C)OC(=O)Cc1c(C)nn(-c2ccccc2)c1C.